The molecule has 0 aliphatic carbocycles. The Morgan fingerprint density at radius 2 is 1.81 bits per heavy atom. The summed E-state index contributed by atoms with van der Waals surface area (Å²) in [5, 5.41) is 3.37. The molecule has 1 aromatic carbocycles. The molecule has 2 heteroatoms. The molecule has 1 fully saturated rings. The molecule has 1 aliphatic rings. The molecule has 0 spiro atoms. The first-order valence-corrected chi connectivity index (χ1v) is 5.96. The Hall–Kier alpha value is -1.28. The van der Waals surface area contributed by atoms with Crippen molar-refractivity contribution in [3.05, 3.63) is 41.1 Å². The Morgan fingerprint density at radius 1 is 1.19 bits per heavy atom. The van der Waals surface area contributed by atoms with Crippen LogP contribution in [0.2, 0.25) is 0 Å². The third-order valence-electron chi connectivity index (χ3n) is 3.07. The highest BCUT2D eigenvalue weighted by Crippen LogP contribution is 2.12. The average Bonchev–Trinajstić information content (AvgIpc) is 2.33. The molecule has 1 N–H and O–H groups in total. The number of hydrogen-bond donors (Lipinski definition) is 1. The molecule has 16 heavy (non-hydrogen) atoms. The van der Waals surface area contributed by atoms with Crippen molar-refractivity contribution in [2.45, 2.75) is 13.8 Å². The molecule has 86 valence electrons. The van der Waals surface area contributed by atoms with Crippen molar-refractivity contribution in [2.75, 3.05) is 26.2 Å². The maximum atomic E-state index is 3.37. The molecule has 2 rings (SSSR count). The molecule has 1 saturated heterocycles. The maximum absolute atomic E-state index is 3.37. The van der Waals surface area contributed by atoms with Crippen molar-refractivity contribution < 1.29 is 0 Å². The average molecular weight is 216 g/mol. The van der Waals surface area contributed by atoms with Gasteiger partial charge in [-0.15, -0.1) is 0 Å². The summed E-state index contributed by atoms with van der Waals surface area (Å²) < 4.78 is 0. The monoisotopic (exact) mass is 216 g/mol. The van der Waals surface area contributed by atoms with Crippen LogP contribution in [0.3, 0.4) is 0 Å². The molecular weight excluding hydrogens is 196 g/mol. The molecule has 0 aromatic heterocycles. The molecule has 0 unspecified atom stereocenters. The number of nitrogens with zero attached hydrogens (tertiary/aromatic N) is 1. The first-order chi connectivity index (χ1) is 7.75. The summed E-state index contributed by atoms with van der Waals surface area (Å²) in [6.07, 6.45) is 2.27. The fourth-order valence-electron chi connectivity index (χ4n) is 2.01. The van der Waals surface area contributed by atoms with Crippen molar-refractivity contribution in [1.82, 2.24) is 10.2 Å². The summed E-state index contributed by atoms with van der Waals surface area (Å²) in [5.41, 5.74) is 3.98. The molecule has 1 aromatic rings. The highest BCUT2D eigenvalue weighted by Gasteiger charge is 2.08. The number of nitrogens with one attached hydrogen (secondary N) is 1. The lowest BCUT2D eigenvalue weighted by Gasteiger charge is -2.30. The van der Waals surface area contributed by atoms with Gasteiger partial charge in [-0.05, 0) is 25.5 Å². The first-order valence-electron chi connectivity index (χ1n) is 5.96. The number of hydrogen-bond acceptors (Lipinski definition) is 2. The standard InChI is InChI=1S/C14H20N2/c1-12-3-5-14(6-4-12)11-13(2)16-9-7-15-8-10-16/h3-6,11,15H,7-10H2,1-2H3. The van der Waals surface area contributed by atoms with Crippen LogP contribution in [0, 0.1) is 6.92 Å². The van der Waals surface area contributed by atoms with Crippen molar-refractivity contribution in [3.8, 4) is 0 Å². The number of rotatable bonds is 2. The van der Waals surface area contributed by atoms with Gasteiger partial charge in [-0.25, -0.2) is 0 Å². The zero-order valence-corrected chi connectivity index (χ0v) is 10.2. The second-order valence-corrected chi connectivity index (χ2v) is 4.43. The second kappa shape index (κ2) is 5.17. The molecule has 0 amide bonds. The molecule has 0 atom stereocenters. The molecule has 0 bridgehead atoms. The molecular formula is C14H20N2. The zero-order chi connectivity index (χ0) is 11.4. The highest BCUT2D eigenvalue weighted by atomic mass is 15.2. The van der Waals surface area contributed by atoms with E-state index in [0.717, 1.165) is 26.2 Å². The van der Waals surface area contributed by atoms with Gasteiger partial charge in [0.05, 0.1) is 0 Å². The van der Waals surface area contributed by atoms with E-state index >= 15 is 0 Å². The predicted molar refractivity (Wildman–Crippen MR) is 69.3 cm³/mol. The topological polar surface area (TPSA) is 15.3 Å². The lowest BCUT2D eigenvalue weighted by molar-refractivity contribution is 0.302. The number of benzene rings is 1. The van der Waals surface area contributed by atoms with Crippen LogP contribution in [0.25, 0.3) is 6.08 Å². The Labute approximate surface area is 98.0 Å². The van der Waals surface area contributed by atoms with Gasteiger partial charge in [-0.1, -0.05) is 29.8 Å². The number of piperazine rings is 1. The SMILES string of the molecule is CC(=Cc1ccc(C)cc1)N1CCNCC1. The van der Waals surface area contributed by atoms with Gasteiger partial charge in [0.1, 0.15) is 0 Å². The van der Waals surface area contributed by atoms with Gasteiger partial charge in [0, 0.05) is 31.9 Å². The van der Waals surface area contributed by atoms with Gasteiger partial charge in [-0.3, -0.25) is 0 Å². The quantitative estimate of drug-likeness (QED) is 0.816. The van der Waals surface area contributed by atoms with Gasteiger partial charge in [0.25, 0.3) is 0 Å². The van der Waals surface area contributed by atoms with Crippen molar-refractivity contribution >= 4 is 6.08 Å². The van der Waals surface area contributed by atoms with Crippen LogP contribution in [0.1, 0.15) is 18.1 Å². The van der Waals surface area contributed by atoms with Crippen LogP contribution in [0.15, 0.2) is 30.0 Å². The third-order valence-corrected chi connectivity index (χ3v) is 3.07. The van der Waals surface area contributed by atoms with E-state index in [0.29, 0.717) is 0 Å². The van der Waals surface area contributed by atoms with E-state index in [2.05, 4.69) is 54.4 Å². The van der Waals surface area contributed by atoms with Crippen LogP contribution < -0.4 is 5.32 Å². The van der Waals surface area contributed by atoms with Crippen LogP contribution in [0.4, 0.5) is 0 Å². The zero-order valence-electron chi connectivity index (χ0n) is 10.2. The van der Waals surface area contributed by atoms with Gasteiger partial charge < -0.3 is 10.2 Å². The van der Waals surface area contributed by atoms with Gasteiger partial charge in [0.2, 0.25) is 0 Å². The van der Waals surface area contributed by atoms with Crippen molar-refractivity contribution in [1.29, 1.82) is 0 Å². The minimum atomic E-state index is 1.10. The first kappa shape index (κ1) is 11.2. The van der Waals surface area contributed by atoms with E-state index in [-0.39, 0.29) is 0 Å². The summed E-state index contributed by atoms with van der Waals surface area (Å²) in [7, 11) is 0. The Balaban J connectivity index is 2.07. The molecule has 0 radical (unpaired) electrons. The van der Waals surface area contributed by atoms with E-state index in [1.807, 2.05) is 0 Å². The van der Waals surface area contributed by atoms with Gasteiger partial charge in [0.15, 0.2) is 0 Å². The summed E-state index contributed by atoms with van der Waals surface area (Å²) >= 11 is 0. The Morgan fingerprint density at radius 3 is 2.44 bits per heavy atom. The fourth-order valence-corrected chi connectivity index (χ4v) is 2.01. The van der Waals surface area contributed by atoms with Crippen LogP contribution in [-0.2, 0) is 0 Å². The summed E-state index contributed by atoms with van der Waals surface area (Å²) in [6, 6.07) is 8.69. The van der Waals surface area contributed by atoms with E-state index < -0.39 is 0 Å². The number of aryl methyl sites for hydroxylation is 1. The molecule has 2 nitrogen and oxygen atoms in total. The van der Waals surface area contributed by atoms with E-state index in [1.165, 1.54) is 16.8 Å². The van der Waals surface area contributed by atoms with Crippen molar-refractivity contribution in [2.24, 2.45) is 0 Å². The molecule has 1 aliphatic heterocycles. The summed E-state index contributed by atoms with van der Waals surface area (Å²) in [5.74, 6) is 0. The lowest BCUT2D eigenvalue weighted by Crippen LogP contribution is -2.42. The minimum absolute atomic E-state index is 1.10. The molecule has 1 heterocycles. The van der Waals surface area contributed by atoms with Crippen molar-refractivity contribution in [3.63, 3.8) is 0 Å². The van der Waals surface area contributed by atoms with Gasteiger partial charge >= 0.3 is 0 Å². The molecule has 0 saturated carbocycles. The maximum Gasteiger partial charge on any atom is 0.0300 e. The highest BCUT2D eigenvalue weighted by molar-refractivity contribution is 5.52. The lowest BCUT2D eigenvalue weighted by atomic mass is 10.1. The predicted octanol–water partition coefficient (Wildman–Crippen LogP) is 2.26. The second-order valence-electron chi connectivity index (χ2n) is 4.43. The number of allylic oxidation sites excluding steroid dienone is 1. The van der Waals surface area contributed by atoms with E-state index in [1.54, 1.807) is 0 Å². The van der Waals surface area contributed by atoms with Crippen LogP contribution in [-0.4, -0.2) is 31.1 Å². The summed E-state index contributed by atoms with van der Waals surface area (Å²) in [4.78, 5) is 2.44. The normalized spacial score (nSPS) is 17.6. The Kier molecular flexibility index (Phi) is 3.62. The fraction of sp³-hybridized carbons (Fsp3) is 0.429. The van der Waals surface area contributed by atoms with Crippen LogP contribution >= 0.6 is 0 Å². The third kappa shape index (κ3) is 2.86. The largest absolute Gasteiger partial charge is 0.372 e. The smallest absolute Gasteiger partial charge is 0.0300 e. The van der Waals surface area contributed by atoms with E-state index in [4.69, 9.17) is 0 Å². The summed E-state index contributed by atoms with van der Waals surface area (Å²) in [6.45, 7) is 8.75. The minimum Gasteiger partial charge on any atom is -0.372 e. The van der Waals surface area contributed by atoms with Gasteiger partial charge in [-0.2, -0.15) is 0 Å². The Bertz CT molecular complexity index is 359. The van der Waals surface area contributed by atoms with Crippen LogP contribution in [0.5, 0.6) is 0 Å². The van der Waals surface area contributed by atoms with E-state index in [9.17, 15) is 0 Å².